The molecule has 0 saturated carbocycles. The zero-order chi connectivity index (χ0) is 14.7. The van der Waals surface area contributed by atoms with Crippen molar-refractivity contribution in [2.75, 3.05) is 31.2 Å². The van der Waals surface area contributed by atoms with E-state index >= 15 is 0 Å². The van der Waals surface area contributed by atoms with Crippen molar-refractivity contribution >= 4 is 29.5 Å². The number of nitrogens with two attached hydrogens (primary N) is 1. The van der Waals surface area contributed by atoms with Crippen LogP contribution in [0.5, 0.6) is 0 Å². The summed E-state index contributed by atoms with van der Waals surface area (Å²) < 4.78 is 4.83. The lowest BCUT2D eigenvalue weighted by Crippen LogP contribution is -2.37. The Hall–Kier alpha value is -1.24. The van der Waals surface area contributed by atoms with Gasteiger partial charge in [0.1, 0.15) is 6.54 Å². The van der Waals surface area contributed by atoms with Crippen molar-refractivity contribution in [3.8, 4) is 0 Å². The molecule has 0 aliphatic carbocycles. The number of carbonyl (C=O) groups excluding carboxylic acids is 3. The van der Waals surface area contributed by atoms with E-state index in [1.165, 1.54) is 16.7 Å². The van der Waals surface area contributed by atoms with E-state index < -0.39 is 11.9 Å². The highest BCUT2D eigenvalue weighted by molar-refractivity contribution is 7.99. The molecule has 2 N–H and O–H groups in total. The van der Waals surface area contributed by atoms with Gasteiger partial charge in [-0.15, -0.1) is 0 Å². The number of ether oxygens (including phenoxy) is 1. The number of primary amides is 1. The lowest BCUT2D eigenvalue weighted by Gasteiger charge is -2.20. The molecule has 0 aliphatic heterocycles. The van der Waals surface area contributed by atoms with Crippen LogP contribution in [-0.4, -0.2) is 53.9 Å². The molecule has 7 heteroatoms. The van der Waals surface area contributed by atoms with Crippen LogP contribution in [0.4, 0.5) is 0 Å². The smallest absolute Gasteiger partial charge is 0.325 e. The molecular formula is C12H22N2O4S. The van der Waals surface area contributed by atoms with Crippen LogP contribution in [0.2, 0.25) is 0 Å². The van der Waals surface area contributed by atoms with Crippen LogP contribution >= 0.6 is 11.8 Å². The fourth-order valence-corrected chi connectivity index (χ4v) is 2.08. The molecule has 0 bridgehead atoms. The SMILES string of the molecule is CCCN(CC(=O)OCC)C(=O)CCSCC(N)=O. The number of hydrogen-bond acceptors (Lipinski definition) is 5. The molecule has 0 radical (unpaired) electrons. The molecule has 0 aliphatic rings. The van der Waals surface area contributed by atoms with Gasteiger partial charge in [0.05, 0.1) is 12.4 Å². The Balaban J connectivity index is 4.10. The van der Waals surface area contributed by atoms with Crippen LogP contribution in [-0.2, 0) is 19.1 Å². The molecule has 110 valence electrons. The number of esters is 1. The third kappa shape index (κ3) is 9.35. The Labute approximate surface area is 118 Å². The van der Waals surface area contributed by atoms with Gasteiger partial charge in [0.2, 0.25) is 11.8 Å². The summed E-state index contributed by atoms with van der Waals surface area (Å²) in [7, 11) is 0. The van der Waals surface area contributed by atoms with Crippen molar-refractivity contribution in [2.45, 2.75) is 26.7 Å². The van der Waals surface area contributed by atoms with E-state index in [1.54, 1.807) is 6.92 Å². The second-order valence-electron chi connectivity index (χ2n) is 3.89. The number of hydrogen-bond donors (Lipinski definition) is 1. The highest BCUT2D eigenvalue weighted by Crippen LogP contribution is 2.05. The molecule has 0 aromatic rings. The predicted molar refractivity (Wildman–Crippen MR) is 74.6 cm³/mol. The summed E-state index contributed by atoms with van der Waals surface area (Å²) in [6.07, 6.45) is 1.07. The summed E-state index contributed by atoms with van der Waals surface area (Å²) in [6, 6.07) is 0. The molecule has 0 heterocycles. The predicted octanol–water partition coefficient (Wildman–Crippen LogP) is 0.397. The van der Waals surface area contributed by atoms with E-state index in [0.717, 1.165) is 6.42 Å². The van der Waals surface area contributed by atoms with Crippen molar-refractivity contribution < 1.29 is 19.1 Å². The molecular weight excluding hydrogens is 268 g/mol. The highest BCUT2D eigenvalue weighted by atomic mass is 32.2. The first-order valence-corrected chi connectivity index (χ1v) is 7.46. The Morgan fingerprint density at radius 2 is 1.95 bits per heavy atom. The minimum absolute atomic E-state index is 0.0129. The molecule has 0 saturated heterocycles. The highest BCUT2D eigenvalue weighted by Gasteiger charge is 2.16. The first-order chi connectivity index (χ1) is 9.01. The van der Waals surface area contributed by atoms with Crippen LogP contribution < -0.4 is 5.73 Å². The maximum Gasteiger partial charge on any atom is 0.325 e. The topological polar surface area (TPSA) is 89.7 Å². The van der Waals surface area contributed by atoms with Gasteiger partial charge in [-0.25, -0.2) is 0 Å². The average Bonchev–Trinajstić information content (AvgIpc) is 2.34. The van der Waals surface area contributed by atoms with Gasteiger partial charge in [-0.1, -0.05) is 6.92 Å². The van der Waals surface area contributed by atoms with Gasteiger partial charge in [0.25, 0.3) is 0 Å². The van der Waals surface area contributed by atoms with Gasteiger partial charge in [-0.2, -0.15) is 11.8 Å². The molecule has 0 fully saturated rings. The van der Waals surface area contributed by atoms with Crippen molar-refractivity contribution in [1.29, 1.82) is 0 Å². The maximum absolute atomic E-state index is 11.9. The van der Waals surface area contributed by atoms with E-state index in [0.29, 0.717) is 18.9 Å². The average molecular weight is 290 g/mol. The first kappa shape index (κ1) is 17.8. The number of nitrogens with zero attached hydrogens (tertiary/aromatic N) is 1. The molecule has 19 heavy (non-hydrogen) atoms. The molecule has 0 unspecified atom stereocenters. The lowest BCUT2D eigenvalue weighted by atomic mass is 10.3. The summed E-state index contributed by atoms with van der Waals surface area (Å²) in [4.78, 5) is 35.3. The summed E-state index contributed by atoms with van der Waals surface area (Å²) in [6.45, 7) is 4.48. The number of carbonyl (C=O) groups is 3. The third-order valence-corrected chi connectivity index (χ3v) is 3.16. The van der Waals surface area contributed by atoms with Gasteiger partial charge in [-0.05, 0) is 13.3 Å². The summed E-state index contributed by atoms with van der Waals surface area (Å²) in [5.74, 6) is -0.167. The van der Waals surface area contributed by atoms with Crippen molar-refractivity contribution in [1.82, 2.24) is 4.90 Å². The Morgan fingerprint density at radius 3 is 2.47 bits per heavy atom. The van der Waals surface area contributed by atoms with Crippen LogP contribution in [0, 0.1) is 0 Å². The monoisotopic (exact) mass is 290 g/mol. The number of thioether (sulfide) groups is 1. The normalized spacial score (nSPS) is 10.0. The number of amides is 2. The van der Waals surface area contributed by atoms with Gasteiger partial charge in [0, 0.05) is 18.7 Å². The lowest BCUT2D eigenvalue weighted by molar-refractivity contribution is -0.148. The standard InChI is InChI=1S/C12H22N2O4S/c1-3-6-14(8-12(17)18-4-2)11(16)5-7-19-9-10(13)15/h3-9H2,1-2H3,(H2,13,15). The zero-order valence-corrected chi connectivity index (χ0v) is 12.3. The van der Waals surface area contributed by atoms with Crippen LogP contribution in [0.25, 0.3) is 0 Å². The molecule has 0 aromatic carbocycles. The van der Waals surface area contributed by atoms with E-state index in [9.17, 15) is 14.4 Å². The summed E-state index contributed by atoms with van der Waals surface area (Å²) >= 11 is 1.32. The fraction of sp³-hybridized carbons (Fsp3) is 0.750. The van der Waals surface area contributed by atoms with E-state index in [2.05, 4.69) is 0 Å². The van der Waals surface area contributed by atoms with Gasteiger partial charge >= 0.3 is 5.97 Å². The molecule has 0 spiro atoms. The summed E-state index contributed by atoms with van der Waals surface area (Å²) in [5.41, 5.74) is 5.00. The second-order valence-corrected chi connectivity index (χ2v) is 4.99. The molecule has 0 atom stereocenters. The molecule has 2 amide bonds. The largest absolute Gasteiger partial charge is 0.465 e. The van der Waals surface area contributed by atoms with Crippen molar-refractivity contribution in [2.24, 2.45) is 5.73 Å². The number of rotatable bonds is 10. The molecule has 0 rings (SSSR count). The van der Waals surface area contributed by atoms with Gasteiger partial charge in [-0.3, -0.25) is 14.4 Å². The van der Waals surface area contributed by atoms with Crippen molar-refractivity contribution in [3.05, 3.63) is 0 Å². The quantitative estimate of drug-likeness (QED) is 0.464. The second kappa shape index (κ2) is 10.7. The van der Waals surface area contributed by atoms with Gasteiger partial charge in [0.15, 0.2) is 0 Å². The van der Waals surface area contributed by atoms with E-state index in [1.807, 2.05) is 6.92 Å². The molecule has 0 aromatic heterocycles. The van der Waals surface area contributed by atoms with Crippen LogP contribution in [0.3, 0.4) is 0 Å². The first-order valence-electron chi connectivity index (χ1n) is 6.30. The minimum atomic E-state index is -0.394. The maximum atomic E-state index is 11.9. The zero-order valence-electron chi connectivity index (χ0n) is 11.5. The Bertz CT molecular complexity index is 310. The van der Waals surface area contributed by atoms with Gasteiger partial charge < -0.3 is 15.4 Å². The third-order valence-electron chi connectivity index (χ3n) is 2.18. The van der Waals surface area contributed by atoms with E-state index in [-0.39, 0.29) is 24.6 Å². The fourth-order valence-electron chi connectivity index (χ4n) is 1.41. The van der Waals surface area contributed by atoms with Crippen LogP contribution in [0.15, 0.2) is 0 Å². The minimum Gasteiger partial charge on any atom is -0.465 e. The summed E-state index contributed by atoms with van der Waals surface area (Å²) in [5, 5.41) is 0. The Kier molecular flexibility index (Phi) is 9.97. The molecule has 6 nitrogen and oxygen atoms in total. The van der Waals surface area contributed by atoms with E-state index in [4.69, 9.17) is 10.5 Å². The Morgan fingerprint density at radius 1 is 1.26 bits per heavy atom. The van der Waals surface area contributed by atoms with Crippen LogP contribution in [0.1, 0.15) is 26.7 Å². The van der Waals surface area contributed by atoms with Crippen molar-refractivity contribution in [3.63, 3.8) is 0 Å².